The van der Waals surface area contributed by atoms with Crippen LogP contribution in [0, 0.1) is 0 Å². The number of oxime groups is 1. The number of carbonyl (C=O) groups is 3. The molecule has 5 heterocycles. The Morgan fingerprint density at radius 3 is 2.75 bits per heavy atom. The Morgan fingerprint density at radius 2 is 2.12 bits per heavy atom. The molecule has 0 unspecified atom stereocenters. The average Bonchev–Trinajstić information content (AvgIpc) is 3.59. The largest absolute Gasteiger partial charge is 0.478 e. The fraction of sp³-hybridized carbons (Fsp3) is 0.545. The van der Waals surface area contributed by atoms with E-state index < -0.39 is 28.9 Å². The van der Waals surface area contributed by atoms with Crippen LogP contribution in [0.3, 0.4) is 0 Å². The number of amides is 2. The van der Waals surface area contributed by atoms with E-state index in [4.69, 9.17) is 10.6 Å². The molecule has 2 atom stereocenters. The Kier molecular flexibility index (Phi) is 7.51. The van der Waals surface area contributed by atoms with Crippen molar-refractivity contribution in [1.82, 2.24) is 41.1 Å². The number of likely N-dealkylation sites (N-methyl/N-ethyl adjacent to an activating group) is 1. The Bertz CT molecular complexity index is 1370. The number of carboxylic acid groups (broad SMARTS) is 1. The number of quaternary nitrogens is 1. The SMILES string of the molecule is CC(C)(ON=C(C(=O)N[C@@H]1C(=O)N2C(c3nn[nH]n3)=C(C[N+]3(C)CCNCC3)CS[C@H]12)c1csc(N)n1)C(=O)O. The lowest BCUT2D eigenvalue weighted by Crippen LogP contribution is -2.70. The number of H-pyrrole nitrogens is 1. The van der Waals surface area contributed by atoms with Crippen molar-refractivity contribution in [2.45, 2.75) is 30.9 Å². The monoisotopic (exact) mass is 592 g/mol. The first-order valence-corrected chi connectivity index (χ1v) is 14.4. The fourth-order valence-corrected chi connectivity index (χ4v) is 6.52. The first-order valence-electron chi connectivity index (χ1n) is 12.5. The van der Waals surface area contributed by atoms with Crippen molar-refractivity contribution in [3.8, 4) is 0 Å². The number of aliphatic carboxylic acids is 1. The maximum atomic E-state index is 13.5. The fourth-order valence-electron chi connectivity index (χ4n) is 4.64. The number of thioether (sulfide) groups is 1. The molecular formula is C22H30N11O5S2+. The topological polar surface area (TPSA) is 214 Å². The summed E-state index contributed by atoms with van der Waals surface area (Å²) in [6.45, 7) is 7.04. The molecule has 2 aromatic heterocycles. The zero-order valence-electron chi connectivity index (χ0n) is 22.1. The lowest BCUT2D eigenvalue weighted by molar-refractivity contribution is -0.906. The number of hydrogen-bond acceptors (Lipinski definition) is 13. The molecule has 0 saturated carbocycles. The highest BCUT2D eigenvalue weighted by Gasteiger charge is 2.54. The first kappa shape index (κ1) is 27.9. The molecule has 214 valence electrons. The first-order chi connectivity index (χ1) is 19.0. The molecule has 0 aromatic carbocycles. The number of nitrogens with one attached hydrogen (secondary N) is 3. The van der Waals surface area contributed by atoms with Crippen LogP contribution in [0.5, 0.6) is 0 Å². The van der Waals surface area contributed by atoms with Gasteiger partial charge in [0.2, 0.25) is 11.4 Å². The number of rotatable bonds is 9. The van der Waals surface area contributed by atoms with Gasteiger partial charge in [0, 0.05) is 29.8 Å². The predicted molar refractivity (Wildman–Crippen MR) is 146 cm³/mol. The normalized spacial score (nSPS) is 22.9. The van der Waals surface area contributed by atoms with Gasteiger partial charge < -0.3 is 30.8 Å². The molecule has 0 bridgehead atoms. The standard InChI is InChI=1S/C22H29N11O5S2/c1-22(2,20(36)37)38-29-13(12-10-40-21(23)25-12)17(34)26-14-18(35)32-15(16-27-30-31-28-16)11(9-39-19(14)32)8-33(3)6-4-24-5-7-33/h10,14,19,24H,4-9H2,1-3H3,(H4-,23,25,26,27,28,30,31,34,36,37)/p+1/t14-,19-/m1/s1. The van der Waals surface area contributed by atoms with Gasteiger partial charge >= 0.3 is 5.97 Å². The van der Waals surface area contributed by atoms with Crippen LogP contribution in [0.2, 0.25) is 0 Å². The molecule has 3 aliphatic rings. The summed E-state index contributed by atoms with van der Waals surface area (Å²) in [6, 6.07) is -0.876. The van der Waals surface area contributed by atoms with E-state index in [9.17, 15) is 19.5 Å². The summed E-state index contributed by atoms with van der Waals surface area (Å²) in [4.78, 5) is 49.2. The zero-order valence-corrected chi connectivity index (χ0v) is 23.7. The average molecular weight is 593 g/mol. The van der Waals surface area contributed by atoms with Crippen LogP contribution in [-0.2, 0) is 19.2 Å². The van der Waals surface area contributed by atoms with Crippen LogP contribution in [0.4, 0.5) is 5.13 Å². The molecule has 5 rings (SSSR count). The maximum absolute atomic E-state index is 13.5. The van der Waals surface area contributed by atoms with Gasteiger partial charge in [0.1, 0.15) is 23.7 Å². The molecule has 3 aliphatic heterocycles. The van der Waals surface area contributed by atoms with Crippen LogP contribution in [-0.4, -0.2) is 126 Å². The number of carbonyl (C=O) groups excluding carboxylic acids is 2. The van der Waals surface area contributed by atoms with E-state index in [1.54, 1.807) is 4.90 Å². The van der Waals surface area contributed by atoms with Crippen LogP contribution in [0.25, 0.3) is 5.70 Å². The lowest BCUT2D eigenvalue weighted by Gasteiger charge is -2.50. The molecular weight excluding hydrogens is 562 g/mol. The Balaban J connectivity index is 1.38. The molecule has 0 aliphatic carbocycles. The number of piperazine rings is 1. The van der Waals surface area contributed by atoms with Gasteiger partial charge in [0.15, 0.2) is 10.8 Å². The summed E-state index contributed by atoms with van der Waals surface area (Å²) >= 11 is 2.62. The number of β-lactam (4-membered cyclic amide) rings is 1. The predicted octanol–water partition coefficient (Wildman–Crippen LogP) is -1.32. The van der Waals surface area contributed by atoms with E-state index in [0.717, 1.165) is 54.1 Å². The quantitative estimate of drug-likeness (QED) is 0.0993. The number of nitrogen functional groups attached to an aromatic ring is 1. The third kappa shape index (κ3) is 5.38. The summed E-state index contributed by atoms with van der Waals surface area (Å²) in [5.74, 6) is -1.42. The van der Waals surface area contributed by atoms with Gasteiger partial charge in [0.25, 0.3) is 11.8 Å². The molecule has 6 N–H and O–H groups in total. The van der Waals surface area contributed by atoms with E-state index >= 15 is 0 Å². The van der Waals surface area contributed by atoms with Gasteiger partial charge in [-0.15, -0.1) is 33.3 Å². The van der Waals surface area contributed by atoms with Crippen molar-refractivity contribution < 1.29 is 28.8 Å². The number of fused-ring (bicyclic) bond motifs is 1. The Labute approximate surface area is 237 Å². The number of nitrogens with two attached hydrogens (primary N) is 1. The van der Waals surface area contributed by atoms with E-state index in [-0.39, 0.29) is 22.4 Å². The number of carboxylic acids is 1. The summed E-state index contributed by atoms with van der Waals surface area (Å²) in [7, 11) is 2.19. The van der Waals surface area contributed by atoms with Crippen molar-refractivity contribution in [2.24, 2.45) is 5.16 Å². The number of tetrazole rings is 1. The summed E-state index contributed by atoms with van der Waals surface area (Å²) in [5.41, 5.74) is 5.49. The number of thiazole rings is 1. The highest BCUT2D eigenvalue weighted by molar-refractivity contribution is 8.00. The van der Waals surface area contributed by atoms with Gasteiger partial charge in [-0.1, -0.05) is 5.16 Å². The molecule has 40 heavy (non-hydrogen) atoms. The Morgan fingerprint density at radius 1 is 1.38 bits per heavy atom. The highest BCUT2D eigenvalue weighted by Crippen LogP contribution is 2.43. The number of aromatic amines is 1. The molecule has 0 radical (unpaired) electrons. The van der Waals surface area contributed by atoms with Crippen molar-refractivity contribution in [3.05, 3.63) is 22.5 Å². The maximum Gasteiger partial charge on any atom is 0.350 e. The second-order valence-corrected chi connectivity index (χ2v) is 12.4. The van der Waals surface area contributed by atoms with Gasteiger partial charge in [-0.2, -0.15) is 5.21 Å². The minimum Gasteiger partial charge on any atom is -0.478 e. The smallest absolute Gasteiger partial charge is 0.350 e. The second kappa shape index (κ2) is 10.8. The Hall–Kier alpha value is -3.61. The van der Waals surface area contributed by atoms with E-state index in [1.807, 2.05) is 0 Å². The van der Waals surface area contributed by atoms with Crippen molar-refractivity contribution >= 4 is 57.4 Å². The summed E-state index contributed by atoms with van der Waals surface area (Å²) < 4.78 is 0.820. The third-order valence-corrected chi connectivity index (χ3v) is 8.99. The number of anilines is 1. The van der Waals surface area contributed by atoms with E-state index in [0.29, 0.717) is 17.3 Å². The number of nitrogens with zero attached hydrogens (tertiary/aromatic N) is 7. The molecule has 18 heteroatoms. The minimum absolute atomic E-state index is 0.101. The molecule has 2 saturated heterocycles. The molecule has 2 fully saturated rings. The van der Waals surface area contributed by atoms with Crippen molar-refractivity contribution in [2.75, 3.05) is 51.3 Å². The zero-order chi connectivity index (χ0) is 28.7. The van der Waals surface area contributed by atoms with Crippen LogP contribution in [0.1, 0.15) is 25.4 Å². The van der Waals surface area contributed by atoms with Gasteiger partial charge in [-0.25, -0.2) is 9.78 Å². The molecule has 2 amide bonds. The van der Waals surface area contributed by atoms with E-state index in [1.165, 1.54) is 31.0 Å². The molecule has 2 aromatic rings. The second-order valence-electron chi connectivity index (χ2n) is 10.4. The van der Waals surface area contributed by atoms with Crippen molar-refractivity contribution in [3.63, 3.8) is 0 Å². The third-order valence-electron chi connectivity index (χ3n) is 6.98. The number of hydrogen-bond donors (Lipinski definition) is 5. The van der Waals surface area contributed by atoms with Crippen LogP contribution in [0.15, 0.2) is 16.1 Å². The van der Waals surface area contributed by atoms with Crippen LogP contribution < -0.4 is 16.4 Å². The molecule has 0 spiro atoms. The summed E-state index contributed by atoms with van der Waals surface area (Å²) in [5, 5.41) is 35.0. The minimum atomic E-state index is -1.71. The van der Waals surface area contributed by atoms with Crippen LogP contribution >= 0.6 is 23.1 Å². The van der Waals surface area contributed by atoms with Crippen molar-refractivity contribution in [1.29, 1.82) is 0 Å². The lowest BCUT2D eigenvalue weighted by atomic mass is 10.0. The van der Waals surface area contributed by atoms with E-state index in [2.05, 4.69) is 48.4 Å². The van der Waals surface area contributed by atoms with Gasteiger partial charge in [-0.3, -0.25) is 14.5 Å². The summed E-state index contributed by atoms with van der Waals surface area (Å²) in [6.07, 6.45) is 0. The van der Waals surface area contributed by atoms with Gasteiger partial charge in [0.05, 0.1) is 25.8 Å². The highest BCUT2D eigenvalue weighted by atomic mass is 32.2. The molecule has 16 nitrogen and oxygen atoms in total. The number of aromatic nitrogens is 5. The van der Waals surface area contributed by atoms with Gasteiger partial charge in [-0.05, 0) is 19.1 Å².